The zero-order chi connectivity index (χ0) is 19.3. The van der Waals surface area contributed by atoms with Crippen LogP contribution in [-0.2, 0) is 16.4 Å². The number of carbonyl (C=O) groups is 1. The summed E-state index contributed by atoms with van der Waals surface area (Å²) in [4.78, 5) is 14.5. The van der Waals surface area contributed by atoms with Gasteiger partial charge in [0.2, 0.25) is 10.0 Å². The number of carbonyl (C=O) groups excluding carboxylic acids is 1. The van der Waals surface area contributed by atoms with E-state index in [4.69, 9.17) is 0 Å². The van der Waals surface area contributed by atoms with Crippen molar-refractivity contribution in [1.82, 2.24) is 14.5 Å². The molecular weight excluding hydrogens is 350 g/mol. The highest BCUT2D eigenvalue weighted by Gasteiger charge is 2.27. The lowest BCUT2D eigenvalue weighted by Crippen LogP contribution is -2.40. The molecule has 1 aromatic rings. The summed E-state index contributed by atoms with van der Waals surface area (Å²) in [6, 6.07) is 4.94. The van der Waals surface area contributed by atoms with Gasteiger partial charge in [0.25, 0.3) is 5.91 Å². The van der Waals surface area contributed by atoms with Crippen molar-refractivity contribution in [2.45, 2.75) is 39.0 Å². The van der Waals surface area contributed by atoms with E-state index >= 15 is 0 Å². The average Bonchev–Trinajstić information content (AvgIpc) is 2.61. The molecule has 0 unspecified atom stereocenters. The lowest BCUT2D eigenvalue weighted by Gasteiger charge is -2.27. The van der Waals surface area contributed by atoms with E-state index < -0.39 is 10.0 Å². The number of rotatable bonds is 9. The zero-order valence-electron chi connectivity index (χ0n) is 16.3. The Morgan fingerprint density at radius 3 is 2.46 bits per heavy atom. The molecule has 0 fully saturated rings. The summed E-state index contributed by atoms with van der Waals surface area (Å²) in [7, 11) is -3.64. The van der Waals surface area contributed by atoms with Gasteiger partial charge >= 0.3 is 0 Å². The normalized spacial score (nSPS) is 14.8. The van der Waals surface area contributed by atoms with Gasteiger partial charge in [-0.25, -0.2) is 8.42 Å². The first-order valence-corrected chi connectivity index (χ1v) is 10.9. The lowest BCUT2D eigenvalue weighted by atomic mass is 10.0. The minimum absolute atomic E-state index is 0.193. The highest BCUT2D eigenvalue weighted by atomic mass is 32.2. The smallest absolute Gasteiger partial charge is 0.251 e. The van der Waals surface area contributed by atoms with Gasteiger partial charge in [0, 0.05) is 31.7 Å². The largest absolute Gasteiger partial charge is 0.352 e. The molecule has 7 heteroatoms. The van der Waals surface area contributed by atoms with Crippen LogP contribution in [0.2, 0.25) is 0 Å². The molecule has 1 aromatic carbocycles. The molecule has 0 aliphatic carbocycles. The van der Waals surface area contributed by atoms with Gasteiger partial charge in [0.15, 0.2) is 0 Å². The standard InChI is InChI=1S/C19H31N3O3S/c1-5-21(6-2)11-12-22(14-15(3)4)26(24,25)17-8-7-16-9-10-20-19(23)18(16)13-17/h7-8,13,15H,5-6,9-12,14H2,1-4H3,(H,20,23). The Kier molecular flexibility index (Phi) is 7.20. The number of hydrogen-bond acceptors (Lipinski definition) is 4. The van der Waals surface area contributed by atoms with Crippen molar-refractivity contribution in [2.24, 2.45) is 5.92 Å². The van der Waals surface area contributed by atoms with Gasteiger partial charge in [-0.3, -0.25) is 4.79 Å². The van der Waals surface area contributed by atoms with Gasteiger partial charge in [-0.15, -0.1) is 0 Å². The third kappa shape index (κ3) is 4.84. The maximum atomic E-state index is 13.2. The molecule has 0 saturated carbocycles. The molecule has 1 N–H and O–H groups in total. The maximum Gasteiger partial charge on any atom is 0.251 e. The van der Waals surface area contributed by atoms with E-state index in [1.165, 1.54) is 6.07 Å². The van der Waals surface area contributed by atoms with Gasteiger partial charge in [0.1, 0.15) is 0 Å². The quantitative estimate of drug-likeness (QED) is 0.710. The van der Waals surface area contributed by atoms with Crippen LogP contribution >= 0.6 is 0 Å². The summed E-state index contributed by atoms with van der Waals surface area (Å²) < 4.78 is 28.0. The SMILES string of the molecule is CCN(CC)CCN(CC(C)C)S(=O)(=O)c1ccc2c(c1)C(=O)NCC2. The first-order chi connectivity index (χ1) is 12.3. The molecule has 26 heavy (non-hydrogen) atoms. The van der Waals surface area contributed by atoms with Crippen molar-refractivity contribution in [1.29, 1.82) is 0 Å². The van der Waals surface area contributed by atoms with Gasteiger partial charge in [-0.1, -0.05) is 33.8 Å². The first kappa shape index (κ1) is 20.9. The van der Waals surface area contributed by atoms with Crippen LogP contribution in [0.3, 0.4) is 0 Å². The van der Waals surface area contributed by atoms with Crippen LogP contribution in [0.5, 0.6) is 0 Å². The maximum absolute atomic E-state index is 13.2. The fraction of sp³-hybridized carbons (Fsp3) is 0.632. The molecule has 0 aromatic heterocycles. The molecule has 1 heterocycles. The van der Waals surface area contributed by atoms with Crippen LogP contribution in [0.1, 0.15) is 43.6 Å². The van der Waals surface area contributed by atoms with Crippen LogP contribution in [0, 0.1) is 5.92 Å². The Balaban J connectivity index is 2.30. The number of likely N-dealkylation sites (N-methyl/N-ethyl adjacent to an activating group) is 1. The number of hydrogen-bond donors (Lipinski definition) is 1. The van der Waals surface area contributed by atoms with Crippen molar-refractivity contribution in [3.8, 4) is 0 Å². The summed E-state index contributed by atoms with van der Waals surface area (Å²) in [5.74, 6) is 0.0317. The molecule has 0 bridgehead atoms. The highest BCUT2D eigenvalue weighted by Crippen LogP contribution is 2.22. The van der Waals surface area contributed by atoms with Crippen LogP contribution < -0.4 is 5.32 Å². The monoisotopic (exact) mass is 381 g/mol. The Hall–Kier alpha value is -1.44. The molecule has 0 saturated heterocycles. The molecule has 0 radical (unpaired) electrons. The number of nitrogens with zero attached hydrogens (tertiary/aromatic N) is 2. The summed E-state index contributed by atoms with van der Waals surface area (Å²) in [5.41, 5.74) is 1.39. The Labute approximate surface area is 157 Å². The molecule has 1 amide bonds. The number of fused-ring (bicyclic) bond motifs is 1. The van der Waals surface area contributed by atoms with Gasteiger partial charge < -0.3 is 10.2 Å². The van der Waals surface area contributed by atoms with E-state index in [1.54, 1.807) is 16.4 Å². The fourth-order valence-electron chi connectivity index (χ4n) is 3.21. The number of nitrogens with one attached hydrogen (secondary N) is 1. The molecule has 146 valence electrons. The van der Waals surface area contributed by atoms with Gasteiger partial charge in [0.05, 0.1) is 4.90 Å². The van der Waals surface area contributed by atoms with E-state index in [0.717, 1.165) is 25.1 Å². The molecular formula is C19H31N3O3S. The highest BCUT2D eigenvalue weighted by molar-refractivity contribution is 7.89. The second-order valence-corrected chi connectivity index (χ2v) is 9.05. The summed E-state index contributed by atoms with van der Waals surface area (Å²) in [6.07, 6.45) is 0.735. The van der Waals surface area contributed by atoms with Gasteiger partial charge in [-0.05, 0) is 43.1 Å². The number of amides is 1. The molecule has 0 spiro atoms. The van der Waals surface area contributed by atoms with E-state index in [0.29, 0.717) is 31.7 Å². The van der Waals surface area contributed by atoms with Crippen LogP contribution in [0.25, 0.3) is 0 Å². The summed E-state index contributed by atoms with van der Waals surface area (Å²) >= 11 is 0. The summed E-state index contributed by atoms with van der Waals surface area (Å²) in [6.45, 7) is 12.2. The molecule has 1 aliphatic rings. The zero-order valence-corrected chi connectivity index (χ0v) is 17.1. The van der Waals surface area contributed by atoms with Crippen molar-refractivity contribution in [2.75, 3.05) is 39.3 Å². The molecule has 6 nitrogen and oxygen atoms in total. The molecule has 2 rings (SSSR count). The van der Waals surface area contributed by atoms with Crippen molar-refractivity contribution >= 4 is 15.9 Å². The van der Waals surface area contributed by atoms with Crippen LogP contribution in [-0.4, -0.2) is 62.8 Å². The van der Waals surface area contributed by atoms with Crippen molar-refractivity contribution < 1.29 is 13.2 Å². The second kappa shape index (κ2) is 8.97. The fourth-order valence-corrected chi connectivity index (χ4v) is 4.83. The van der Waals surface area contributed by atoms with Crippen molar-refractivity contribution in [3.05, 3.63) is 29.3 Å². The minimum Gasteiger partial charge on any atom is -0.352 e. The molecule has 0 atom stereocenters. The lowest BCUT2D eigenvalue weighted by molar-refractivity contribution is 0.0945. The molecule has 1 aliphatic heterocycles. The first-order valence-electron chi connectivity index (χ1n) is 9.43. The number of sulfonamides is 1. The predicted molar refractivity (Wildman–Crippen MR) is 104 cm³/mol. The second-order valence-electron chi connectivity index (χ2n) is 7.11. The number of benzene rings is 1. The van der Waals surface area contributed by atoms with E-state index in [1.807, 2.05) is 13.8 Å². The van der Waals surface area contributed by atoms with Crippen LogP contribution in [0.4, 0.5) is 0 Å². The van der Waals surface area contributed by atoms with Gasteiger partial charge in [-0.2, -0.15) is 4.31 Å². The Bertz CT molecular complexity index is 728. The minimum atomic E-state index is -3.64. The topological polar surface area (TPSA) is 69.7 Å². The summed E-state index contributed by atoms with van der Waals surface area (Å²) in [5, 5.41) is 2.78. The van der Waals surface area contributed by atoms with Crippen molar-refractivity contribution in [3.63, 3.8) is 0 Å². The van der Waals surface area contributed by atoms with E-state index in [-0.39, 0.29) is 16.7 Å². The Morgan fingerprint density at radius 2 is 1.85 bits per heavy atom. The average molecular weight is 382 g/mol. The van der Waals surface area contributed by atoms with E-state index in [2.05, 4.69) is 24.1 Å². The van der Waals surface area contributed by atoms with E-state index in [9.17, 15) is 13.2 Å². The Morgan fingerprint density at radius 1 is 1.15 bits per heavy atom. The third-order valence-corrected chi connectivity index (χ3v) is 6.63. The predicted octanol–water partition coefficient (Wildman–Crippen LogP) is 1.96. The third-order valence-electron chi connectivity index (χ3n) is 4.77. The van der Waals surface area contributed by atoms with Crippen LogP contribution in [0.15, 0.2) is 23.1 Å².